The predicted octanol–water partition coefficient (Wildman–Crippen LogP) is 2.32. The van der Waals surface area contributed by atoms with Gasteiger partial charge in [-0.3, -0.25) is 4.68 Å². The number of aryl methyl sites for hydroxylation is 1. The van der Waals surface area contributed by atoms with E-state index in [1.165, 1.54) is 24.8 Å². The molecule has 2 atom stereocenters. The van der Waals surface area contributed by atoms with Gasteiger partial charge in [-0.1, -0.05) is 13.8 Å². The molecule has 1 fully saturated rings. The molecule has 2 rings (SSSR count). The van der Waals surface area contributed by atoms with E-state index in [2.05, 4.69) is 43.6 Å². The minimum atomic E-state index is 0.334. The van der Waals surface area contributed by atoms with Crippen LogP contribution in [0.1, 0.15) is 45.6 Å². The lowest BCUT2D eigenvalue weighted by molar-refractivity contribution is 0.457. The molecule has 0 radical (unpaired) electrons. The Kier molecular flexibility index (Phi) is 3.33. The van der Waals surface area contributed by atoms with Crippen LogP contribution in [0.3, 0.4) is 0 Å². The van der Waals surface area contributed by atoms with Crippen LogP contribution < -0.4 is 5.32 Å². The lowest BCUT2D eigenvalue weighted by atomic mass is 9.83. The van der Waals surface area contributed by atoms with Crippen LogP contribution in [0.15, 0.2) is 12.4 Å². The molecular formula is C13H23N3. The number of hydrogen-bond donors (Lipinski definition) is 1. The molecule has 3 nitrogen and oxygen atoms in total. The van der Waals surface area contributed by atoms with E-state index in [1.807, 2.05) is 4.68 Å². The molecule has 16 heavy (non-hydrogen) atoms. The van der Waals surface area contributed by atoms with Crippen LogP contribution in [-0.2, 0) is 12.0 Å². The third-order valence-electron chi connectivity index (χ3n) is 3.89. The molecule has 2 unspecified atom stereocenters. The molecule has 1 saturated carbocycles. The van der Waals surface area contributed by atoms with Gasteiger partial charge < -0.3 is 5.32 Å². The molecule has 1 heterocycles. The van der Waals surface area contributed by atoms with Gasteiger partial charge in [-0.05, 0) is 43.7 Å². The monoisotopic (exact) mass is 221 g/mol. The van der Waals surface area contributed by atoms with Crippen LogP contribution in [-0.4, -0.2) is 22.4 Å². The second kappa shape index (κ2) is 4.58. The smallest absolute Gasteiger partial charge is 0.0527 e. The molecule has 0 saturated heterocycles. The number of aromatic nitrogens is 2. The van der Waals surface area contributed by atoms with Gasteiger partial charge in [-0.15, -0.1) is 0 Å². The molecule has 3 heteroatoms. The summed E-state index contributed by atoms with van der Waals surface area (Å²) in [4.78, 5) is 0. The fourth-order valence-electron chi connectivity index (χ4n) is 2.81. The molecular weight excluding hydrogens is 198 g/mol. The molecule has 0 aliphatic heterocycles. The largest absolute Gasteiger partial charge is 0.314 e. The maximum absolute atomic E-state index is 4.39. The summed E-state index contributed by atoms with van der Waals surface area (Å²) in [7, 11) is 0. The van der Waals surface area contributed by atoms with Crippen LogP contribution >= 0.6 is 0 Å². The molecule has 1 aromatic rings. The molecule has 0 bridgehead atoms. The topological polar surface area (TPSA) is 29.9 Å². The first-order valence-corrected chi connectivity index (χ1v) is 6.44. The van der Waals surface area contributed by atoms with Crippen molar-refractivity contribution in [2.75, 3.05) is 6.54 Å². The molecule has 0 aromatic carbocycles. The van der Waals surface area contributed by atoms with E-state index in [-0.39, 0.29) is 0 Å². The van der Waals surface area contributed by atoms with E-state index >= 15 is 0 Å². The number of hydrogen-bond acceptors (Lipinski definition) is 2. The Hall–Kier alpha value is -0.830. The Labute approximate surface area is 98.2 Å². The Balaban J connectivity index is 2.08. The highest BCUT2D eigenvalue weighted by atomic mass is 15.3. The van der Waals surface area contributed by atoms with Crippen molar-refractivity contribution >= 4 is 0 Å². The Morgan fingerprint density at radius 2 is 2.38 bits per heavy atom. The number of rotatable bonds is 4. The van der Waals surface area contributed by atoms with Crippen molar-refractivity contribution in [2.24, 2.45) is 0 Å². The molecule has 90 valence electrons. The Morgan fingerprint density at radius 1 is 1.56 bits per heavy atom. The third-order valence-corrected chi connectivity index (χ3v) is 3.89. The highest BCUT2D eigenvalue weighted by molar-refractivity contribution is 5.21. The van der Waals surface area contributed by atoms with Crippen LogP contribution in [0.4, 0.5) is 0 Å². The van der Waals surface area contributed by atoms with Gasteiger partial charge in [0, 0.05) is 18.8 Å². The number of nitrogens with zero attached hydrogens (tertiary/aromatic N) is 2. The first-order chi connectivity index (χ1) is 7.68. The Morgan fingerprint density at radius 3 is 3.00 bits per heavy atom. The fraction of sp³-hybridized carbons (Fsp3) is 0.769. The zero-order chi connectivity index (χ0) is 11.6. The summed E-state index contributed by atoms with van der Waals surface area (Å²) in [5, 5.41) is 7.95. The predicted molar refractivity (Wildman–Crippen MR) is 66.6 cm³/mol. The van der Waals surface area contributed by atoms with Crippen molar-refractivity contribution in [3.05, 3.63) is 18.0 Å². The van der Waals surface area contributed by atoms with Gasteiger partial charge in [0.15, 0.2) is 0 Å². The first kappa shape index (κ1) is 11.6. The van der Waals surface area contributed by atoms with Gasteiger partial charge in [0.25, 0.3) is 0 Å². The molecule has 1 aliphatic rings. The zero-order valence-corrected chi connectivity index (χ0v) is 10.7. The van der Waals surface area contributed by atoms with Gasteiger partial charge >= 0.3 is 0 Å². The summed E-state index contributed by atoms with van der Waals surface area (Å²) in [6.45, 7) is 8.74. The first-order valence-electron chi connectivity index (χ1n) is 6.44. The SMILES string of the molecule is CCNC1CCC(C)(c2cnn(CC)c2)C1. The van der Waals surface area contributed by atoms with E-state index in [0.29, 0.717) is 11.5 Å². The van der Waals surface area contributed by atoms with Crippen LogP contribution in [0.25, 0.3) is 0 Å². The summed E-state index contributed by atoms with van der Waals surface area (Å²) in [6.07, 6.45) is 8.09. The second-order valence-corrected chi connectivity index (χ2v) is 5.14. The minimum Gasteiger partial charge on any atom is -0.314 e. The summed E-state index contributed by atoms with van der Waals surface area (Å²) in [6, 6.07) is 0.694. The summed E-state index contributed by atoms with van der Waals surface area (Å²) in [5.74, 6) is 0. The van der Waals surface area contributed by atoms with Crippen molar-refractivity contribution in [2.45, 2.75) is 58.0 Å². The zero-order valence-electron chi connectivity index (χ0n) is 10.7. The summed E-state index contributed by atoms with van der Waals surface area (Å²) in [5.41, 5.74) is 1.75. The van der Waals surface area contributed by atoms with Crippen LogP contribution in [0.5, 0.6) is 0 Å². The average molecular weight is 221 g/mol. The normalized spacial score (nSPS) is 29.8. The van der Waals surface area contributed by atoms with Crippen molar-refractivity contribution < 1.29 is 0 Å². The molecule has 1 N–H and O–H groups in total. The fourth-order valence-corrected chi connectivity index (χ4v) is 2.81. The van der Waals surface area contributed by atoms with Gasteiger partial charge in [-0.2, -0.15) is 5.10 Å². The molecule has 0 amide bonds. The molecule has 0 spiro atoms. The quantitative estimate of drug-likeness (QED) is 0.845. The maximum atomic E-state index is 4.39. The van der Waals surface area contributed by atoms with Gasteiger partial charge in [0.05, 0.1) is 6.20 Å². The molecule has 1 aliphatic carbocycles. The van der Waals surface area contributed by atoms with Crippen molar-refractivity contribution in [1.82, 2.24) is 15.1 Å². The molecule has 1 aromatic heterocycles. The van der Waals surface area contributed by atoms with Crippen molar-refractivity contribution in [1.29, 1.82) is 0 Å². The maximum Gasteiger partial charge on any atom is 0.0527 e. The van der Waals surface area contributed by atoms with E-state index in [0.717, 1.165) is 13.1 Å². The standard InChI is InChI=1S/C13H23N3/c1-4-14-12-6-7-13(3,8-12)11-9-15-16(5-2)10-11/h9-10,12,14H,4-8H2,1-3H3. The summed E-state index contributed by atoms with van der Waals surface area (Å²) >= 11 is 0. The van der Waals surface area contributed by atoms with E-state index in [9.17, 15) is 0 Å². The van der Waals surface area contributed by atoms with Crippen LogP contribution in [0.2, 0.25) is 0 Å². The van der Waals surface area contributed by atoms with E-state index in [4.69, 9.17) is 0 Å². The lowest BCUT2D eigenvalue weighted by Crippen LogP contribution is -2.28. The average Bonchev–Trinajstić information content (AvgIpc) is 2.86. The van der Waals surface area contributed by atoms with Gasteiger partial charge in [0.2, 0.25) is 0 Å². The minimum absolute atomic E-state index is 0.334. The summed E-state index contributed by atoms with van der Waals surface area (Å²) < 4.78 is 2.03. The Bertz CT molecular complexity index is 345. The third kappa shape index (κ3) is 2.14. The number of nitrogens with one attached hydrogen (secondary N) is 1. The highest BCUT2D eigenvalue weighted by Gasteiger charge is 2.36. The van der Waals surface area contributed by atoms with E-state index < -0.39 is 0 Å². The van der Waals surface area contributed by atoms with Gasteiger partial charge in [0.1, 0.15) is 0 Å². The van der Waals surface area contributed by atoms with E-state index in [1.54, 1.807) is 0 Å². The van der Waals surface area contributed by atoms with Crippen molar-refractivity contribution in [3.8, 4) is 0 Å². The highest BCUT2D eigenvalue weighted by Crippen LogP contribution is 2.40. The second-order valence-electron chi connectivity index (χ2n) is 5.14. The van der Waals surface area contributed by atoms with Crippen molar-refractivity contribution in [3.63, 3.8) is 0 Å². The lowest BCUT2D eigenvalue weighted by Gasteiger charge is -2.22. The van der Waals surface area contributed by atoms with Crippen LogP contribution in [0, 0.1) is 0 Å². The van der Waals surface area contributed by atoms with Gasteiger partial charge in [-0.25, -0.2) is 0 Å².